The van der Waals surface area contributed by atoms with Crippen molar-refractivity contribution in [2.24, 2.45) is 0 Å². The van der Waals surface area contributed by atoms with Crippen LogP contribution in [-0.4, -0.2) is 5.16 Å². The second kappa shape index (κ2) is 4.80. The summed E-state index contributed by atoms with van der Waals surface area (Å²) in [6.07, 6.45) is 1.74. The molecule has 1 aromatic heterocycles. The van der Waals surface area contributed by atoms with Crippen molar-refractivity contribution in [2.75, 3.05) is 0 Å². The van der Waals surface area contributed by atoms with Gasteiger partial charge in [-0.2, -0.15) is 0 Å². The highest BCUT2D eigenvalue weighted by Crippen LogP contribution is 2.20. The minimum Gasteiger partial charge on any atom is -0.356 e. The van der Waals surface area contributed by atoms with Gasteiger partial charge in [0, 0.05) is 5.39 Å². The maximum Gasteiger partial charge on any atom is 0.167 e. The van der Waals surface area contributed by atoms with Gasteiger partial charge in [-0.1, -0.05) is 38.9 Å². The zero-order valence-corrected chi connectivity index (χ0v) is 9.24. The third-order valence-corrected chi connectivity index (χ3v) is 2.05. The van der Waals surface area contributed by atoms with Gasteiger partial charge in [-0.15, -0.1) is 0 Å². The summed E-state index contributed by atoms with van der Waals surface area (Å²) in [5, 5.41) is 4.80. The Hall–Kier alpha value is -1.31. The van der Waals surface area contributed by atoms with Crippen LogP contribution in [0.15, 0.2) is 28.9 Å². The van der Waals surface area contributed by atoms with Crippen molar-refractivity contribution in [2.45, 2.75) is 33.6 Å². The summed E-state index contributed by atoms with van der Waals surface area (Å²) in [6, 6.07) is 6.21. The molecule has 0 bridgehead atoms. The number of hydrogen-bond acceptors (Lipinski definition) is 2. The Bertz CT molecular complexity index is 390. The van der Waals surface area contributed by atoms with Crippen molar-refractivity contribution < 1.29 is 4.52 Å². The third-order valence-electron chi connectivity index (χ3n) is 2.05. The molecule has 2 rings (SSSR count). The molecule has 2 nitrogen and oxygen atoms in total. The monoisotopic (exact) mass is 191 g/mol. The van der Waals surface area contributed by atoms with E-state index in [4.69, 9.17) is 4.52 Å². The normalized spacial score (nSPS) is 10.1. The van der Waals surface area contributed by atoms with Crippen LogP contribution in [0.4, 0.5) is 0 Å². The van der Waals surface area contributed by atoms with Gasteiger partial charge in [0.05, 0.1) is 6.20 Å². The number of fused-ring (bicyclic) bond motifs is 1. The quantitative estimate of drug-likeness (QED) is 0.681. The number of hydrogen-bond donors (Lipinski definition) is 0. The SMILES string of the molecule is CC.CC(C)c1ccc2cnoc2c1. The highest BCUT2D eigenvalue weighted by atomic mass is 16.5. The number of rotatable bonds is 1. The van der Waals surface area contributed by atoms with Gasteiger partial charge in [0.25, 0.3) is 0 Å². The molecule has 0 fully saturated rings. The molecule has 0 N–H and O–H groups in total. The lowest BCUT2D eigenvalue weighted by Gasteiger charge is -2.02. The summed E-state index contributed by atoms with van der Waals surface area (Å²) < 4.78 is 5.06. The van der Waals surface area contributed by atoms with Gasteiger partial charge in [-0.05, 0) is 23.6 Å². The highest BCUT2D eigenvalue weighted by molar-refractivity contribution is 5.76. The van der Waals surface area contributed by atoms with E-state index in [0.29, 0.717) is 5.92 Å². The second-order valence-electron chi connectivity index (χ2n) is 3.28. The van der Waals surface area contributed by atoms with Crippen LogP contribution in [-0.2, 0) is 0 Å². The van der Waals surface area contributed by atoms with Gasteiger partial charge in [0.1, 0.15) is 0 Å². The molecule has 0 amide bonds. The molecule has 0 spiro atoms. The lowest BCUT2D eigenvalue weighted by Crippen LogP contribution is -1.84. The topological polar surface area (TPSA) is 26.0 Å². The van der Waals surface area contributed by atoms with Crippen LogP contribution < -0.4 is 0 Å². The van der Waals surface area contributed by atoms with Gasteiger partial charge in [-0.3, -0.25) is 0 Å². The van der Waals surface area contributed by atoms with Crippen molar-refractivity contribution >= 4 is 11.0 Å². The van der Waals surface area contributed by atoms with Crippen LogP contribution in [0.25, 0.3) is 11.0 Å². The smallest absolute Gasteiger partial charge is 0.167 e. The molecule has 0 atom stereocenters. The van der Waals surface area contributed by atoms with E-state index in [2.05, 4.69) is 25.1 Å². The largest absolute Gasteiger partial charge is 0.356 e. The van der Waals surface area contributed by atoms with Crippen LogP contribution in [0.3, 0.4) is 0 Å². The summed E-state index contributed by atoms with van der Waals surface area (Å²) in [4.78, 5) is 0. The predicted molar refractivity (Wildman–Crippen MR) is 59.4 cm³/mol. The van der Waals surface area contributed by atoms with Crippen molar-refractivity contribution in [1.82, 2.24) is 5.16 Å². The summed E-state index contributed by atoms with van der Waals surface area (Å²) in [5.41, 5.74) is 2.17. The molecule has 14 heavy (non-hydrogen) atoms. The Balaban J connectivity index is 0.000000461. The molecular weight excluding hydrogens is 174 g/mol. The third kappa shape index (κ3) is 2.13. The highest BCUT2D eigenvalue weighted by Gasteiger charge is 2.02. The molecule has 0 aliphatic carbocycles. The molecule has 0 saturated carbocycles. The van der Waals surface area contributed by atoms with E-state index in [1.165, 1.54) is 5.56 Å². The Morgan fingerprint density at radius 3 is 2.57 bits per heavy atom. The molecule has 76 valence electrons. The molecule has 0 radical (unpaired) electrons. The van der Waals surface area contributed by atoms with E-state index >= 15 is 0 Å². The minimum absolute atomic E-state index is 0.541. The zero-order valence-electron chi connectivity index (χ0n) is 9.24. The first-order chi connectivity index (χ1) is 6.77. The predicted octanol–water partition coefficient (Wildman–Crippen LogP) is 3.98. The van der Waals surface area contributed by atoms with Crippen molar-refractivity contribution in [3.63, 3.8) is 0 Å². The molecule has 0 unspecified atom stereocenters. The number of aromatic nitrogens is 1. The molecule has 2 aromatic rings. The number of nitrogens with zero attached hydrogens (tertiary/aromatic N) is 1. The maximum absolute atomic E-state index is 5.06. The Kier molecular flexibility index (Phi) is 3.69. The van der Waals surface area contributed by atoms with Gasteiger partial charge < -0.3 is 4.52 Å². The zero-order chi connectivity index (χ0) is 10.6. The first-order valence-corrected chi connectivity index (χ1v) is 5.11. The minimum atomic E-state index is 0.541. The second-order valence-corrected chi connectivity index (χ2v) is 3.28. The van der Waals surface area contributed by atoms with E-state index in [0.717, 1.165) is 11.0 Å². The Morgan fingerprint density at radius 1 is 1.21 bits per heavy atom. The fourth-order valence-corrected chi connectivity index (χ4v) is 1.24. The van der Waals surface area contributed by atoms with Crippen LogP contribution in [0.5, 0.6) is 0 Å². The molecule has 0 aliphatic rings. The van der Waals surface area contributed by atoms with Crippen LogP contribution in [0.1, 0.15) is 39.2 Å². The lowest BCUT2D eigenvalue weighted by molar-refractivity contribution is 0.456. The van der Waals surface area contributed by atoms with E-state index in [1.54, 1.807) is 6.20 Å². The van der Waals surface area contributed by atoms with Gasteiger partial charge in [-0.25, -0.2) is 0 Å². The Morgan fingerprint density at radius 2 is 1.93 bits per heavy atom. The van der Waals surface area contributed by atoms with Crippen molar-refractivity contribution in [3.05, 3.63) is 30.0 Å². The average molecular weight is 191 g/mol. The van der Waals surface area contributed by atoms with Crippen LogP contribution in [0, 0.1) is 0 Å². The molecule has 1 aromatic carbocycles. The lowest BCUT2D eigenvalue weighted by atomic mass is 10.0. The summed E-state index contributed by atoms with van der Waals surface area (Å²) >= 11 is 0. The average Bonchev–Trinajstić information content (AvgIpc) is 2.67. The summed E-state index contributed by atoms with van der Waals surface area (Å²) in [6.45, 7) is 8.33. The maximum atomic E-state index is 5.06. The van der Waals surface area contributed by atoms with Gasteiger partial charge in [0.15, 0.2) is 5.58 Å². The molecule has 0 aliphatic heterocycles. The van der Waals surface area contributed by atoms with E-state index < -0.39 is 0 Å². The standard InChI is InChI=1S/C10H11NO.C2H6/c1-7(2)8-3-4-9-6-11-12-10(9)5-8;1-2/h3-7H,1-2H3;1-2H3. The Labute approximate surface area is 84.9 Å². The van der Waals surface area contributed by atoms with Gasteiger partial charge in [0.2, 0.25) is 0 Å². The molecular formula is C12H17NO. The van der Waals surface area contributed by atoms with Gasteiger partial charge >= 0.3 is 0 Å². The fourth-order valence-electron chi connectivity index (χ4n) is 1.24. The summed E-state index contributed by atoms with van der Waals surface area (Å²) in [5.74, 6) is 0.541. The fraction of sp³-hybridized carbons (Fsp3) is 0.417. The molecule has 0 saturated heterocycles. The van der Waals surface area contributed by atoms with E-state index in [-0.39, 0.29) is 0 Å². The molecule has 1 heterocycles. The van der Waals surface area contributed by atoms with Crippen LogP contribution in [0.2, 0.25) is 0 Å². The first kappa shape index (κ1) is 10.8. The van der Waals surface area contributed by atoms with Crippen molar-refractivity contribution in [3.8, 4) is 0 Å². The van der Waals surface area contributed by atoms with E-state index in [1.807, 2.05) is 26.0 Å². The van der Waals surface area contributed by atoms with E-state index in [9.17, 15) is 0 Å². The van der Waals surface area contributed by atoms with Crippen LogP contribution >= 0.6 is 0 Å². The number of benzene rings is 1. The summed E-state index contributed by atoms with van der Waals surface area (Å²) in [7, 11) is 0. The van der Waals surface area contributed by atoms with Crippen molar-refractivity contribution in [1.29, 1.82) is 0 Å². The molecule has 2 heteroatoms. The first-order valence-electron chi connectivity index (χ1n) is 5.11.